The molecule has 3 heteroatoms. The van der Waals surface area contributed by atoms with E-state index in [0.29, 0.717) is 0 Å². The Morgan fingerprint density at radius 1 is 1.21 bits per heavy atom. The van der Waals surface area contributed by atoms with Crippen LogP contribution in [0.15, 0.2) is 5.16 Å². The van der Waals surface area contributed by atoms with Crippen molar-refractivity contribution < 1.29 is 9.57 Å². The first-order chi connectivity index (χ1) is 6.52. The molecule has 80 valence electrons. The molecule has 0 aromatic carbocycles. The van der Waals surface area contributed by atoms with Crippen LogP contribution in [0.3, 0.4) is 0 Å². The molecule has 0 aliphatic carbocycles. The van der Waals surface area contributed by atoms with Gasteiger partial charge in [-0.2, -0.15) is 0 Å². The maximum atomic E-state index is 5.63. The van der Waals surface area contributed by atoms with Crippen molar-refractivity contribution in [3.05, 3.63) is 0 Å². The second-order valence-corrected chi connectivity index (χ2v) is 5.35. The van der Waals surface area contributed by atoms with E-state index in [4.69, 9.17) is 9.57 Å². The summed E-state index contributed by atoms with van der Waals surface area (Å²) < 4.78 is 5.35. The summed E-state index contributed by atoms with van der Waals surface area (Å²) in [6.45, 7) is 8.19. The van der Waals surface area contributed by atoms with Gasteiger partial charge in [0, 0.05) is 24.7 Å². The van der Waals surface area contributed by atoms with Crippen LogP contribution in [-0.2, 0) is 9.57 Å². The first kappa shape index (κ1) is 9.97. The number of rotatable bonds is 0. The number of ether oxygens (including phenoxy) is 1. The van der Waals surface area contributed by atoms with Crippen molar-refractivity contribution in [3.8, 4) is 0 Å². The van der Waals surface area contributed by atoms with Gasteiger partial charge >= 0.3 is 0 Å². The van der Waals surface area contributed by atoms with Gasteiger partial charge in [0.2, 0.25) is 0 Å². The van der Waals surface area contributed by atoms with Crippen LogP contribution in [0.1, 0.15) is 40.0 Å². The van der Waals surface area contributed by atoms with E-state index in [2.05, 4.69) is 25.9 Å². The van der Waals surface area contributed by atoms with Gasteiger partial charge in [0.1, 0.15) is 5.60 Å². The molecule has 0 aromatic heterocycles. The smallest absolute Gasteiger partial charge is 0.147 e. The standard InChI is InChI=1S/C11H19NO2/c1-10(2,3)9-8-11(14-12-9)4-6-13-7-5-11/h4-8H2,1-3H3. The highest BCUT2D eigenvalue weighted by Crippen LogP contribution is 2.38. The third-order valence-electron chi connectivity index (χ3n) is 3.11. The highest BCUT2D eigenvalue weighted by Gasteiger charge is 2.43. The molecule has 2 heterocycles. The summed E-state index contributed by atoms with van der Waals surface area (Å²) in [5.41, 5.74) is 1.31. The number of hydrogen-bond acceptors (Lipinski definition) is 3. The van der Waals surface area contributed by atoms with Crippen molar-refractivity contribution >= 4 is 5.71 Å². The van der Waals surface area contributed by atoms with E-state index in [1.807, 2.05) is 0 Å². The fourth-order valence-electron chi connectivity index (χ4n) is 1.94. The van der Waals surface area contributed by atoms with Crippen LogP contribution in [0, 0.1) is 5.41 Å². The molecule has 0 atom stereocenters. The molecule has 0 bridgehead atoms. The van der Waals surface area contributed by atoms with E-state index in [1.54, 1.807) is 0 Å². The summed E-state index contributed by atoms with van der Waals surface area (Å²) >= 11 is 0. The summed E-state index contributed by atoms with van der Waals surface area (Å²) in [5, 5.41) is 4.24. The Morgan fingerprint density at radius 2 is 1.86 bits per heavy atom. The lowest BCUT2D eigenvalue weighted by atomic mass is 9.80. The predicted octanol–water partition coefficient (Wildman–Crippen LogP) is 2.36. The van der Waals surface area contributed by atoms with Crippen molar-refractivity contribution in [1.29, 1.82) is 0 Å². The van der Waals surface area contributed by atoms with Crippen molar-refractivity contribution in [1.82, 2.24) is 0 Å². The van der Waals surface area contributed by atoms with Gasteiger partial charge in [-0.1, -0.05) is 25.9 Å². The van der Waals surface area contributed by atoms with Gasteiger partial charge in [0.15, 0.2) is 0 Å². The lowest BCUT2D eigenvalue weighted by molar-refractivity contribution is -0.0919. The zero-order valence-corrected chi connectivity index (χ0v) is 9.30. The van der Waals surface area contributed by atoms with Crippen LogP contribution in [0.2, 0.25) is 0 Å². The Bertz CT molecular complexity index is 247. The maximum absolute atomic E-state index is 5.63. The molecule has 0 radical (unpaired) electrons. The Hall–Kier alpha value is -0.570. The molecule has 0 saturated carbocycles. The van der Waals surface area contributed by atoms with Crippen molar-refractivity contribution in [3.63, 3.8) is 0 Å². The average molecular weight is 197 g/mol. The largest absolute Gasteiger partial charge is 0.389 e. The minimum absolute atomic E-state index is 0.0269. The third kappa shape index (κ3) is 1.78. The predicted molar refractivity (Wildman–Crippen MR) is 55.4 cm³/mol. The Labute approximate surface area is 85.5 Å². The highest BCUT2D eigenvalue weighted by molar-refractivity contribution is 5.90. The molecule has 14 heavy (non-hydrogen) atoms. The minimum atomic E-state index is -0.0269. The van der Waals surface area contributed by atoms with Gasteiger partial charge in [-0.05, 0) is 0 Å². The fraction of sp³-hybridized carbons (Fsp3) is 0.909. The van der Waals surface area contributed by atoms with Gasteiger partial charge in [-0.25, -0.2) is 0 Å². The van der Waals surface area contributed by atoms with Crippen LogP contribution < -0.4 is 0 Å². The molecule has 1 spiro atoms. The van der Waals surface area contributed by atoms with E-state index >= 15 is 0 Å². The SMILES string of the molecule is CC(C)(C)C1=NOC2(CCOCC2)C1. The van der Waals surface area contributed by atoms with E-state index in [-0.39, 0.29) is 11.0 Å². The van der Waals surface area contributed by atoms with E-state index in [0.717, 1.165) is 32.5 Å². The molecule has 0 aromatic rings. The number of oxime groups is 1. The van der Waals surface area contributed by atoms with Gasteiger partial charge in [-0.15, -0.1) is 0 Å². The molecule has 0 N–H and O–H groups in total. The molecule has 2 rings (SSSR count). The lowest BCUT2D eigenvalue weighted by Gasteiger charge is -2.31. The van der Waals surface area contributed by atoms with E-state index < -0.39 is 0 Å². The monoisotopic (exact) mass is 197 g/mol. The zero-order chi connectivity index (χ0) is 10.2. The molecule has 0 amide bonds. The third-order valence-corrected chi connectivity index (χ3v) is 3.11. The van der Waals surface area contributed by atoms with Gasteiger partial charge in [0.25, 0.3) is 0 Å². The van der Waals surface area contributed by atoms with Gasteiger partial charge < -0.3 is 9.57 Å². The van der Waals surface area contributed by atoms with Crippen molar-refractivity contribution in [2.24, 2.45) is 10.6 Å². The zero-order valence-electron chi connectivity index (χ0n) is 9.30. The summed E-state index contributed by atoms with van der Waals surface area (Å²) in [4.78, 5) is 5.63. The van der Waals surface area contributed by atoms with Crippen LogP contribution in [0.5, 0.6) is 0 Å². The molecule has 1 saturated heterocycles. The van der Waals surface area contributed by atoms with Crippen molar-refractivity contribution in [2.75, 3.05) is 13.2 Å². The molecule has 1 fully saturated rings. The quantitative estimate of drug-likeness (QED) is 0.597. The summed E-state index contributed by atoms with van der Waals surface area (Å²) in [7, 11) is 0. The lowest BCUT2D eigenvalue weighted by Crippen LogP contribution is -2.37. The highest BCUT2D eigenvalue weighted by atomic mass is 16.7. The molecule has 2 aliphatic heterocycles. The Morgan fingerprint density at radius 3 is 2.36 bits per heavy atom. The molecular weight excluding hydrogens is 178 g/mol. The molecular formula is C11H19NO2. The topological polar surface area (TPSA) is 30.8 Å². The Kier molecular flexibility index (Phi) is 2.30. The summed E-state index contributed by atoms with van der Waals surface area (Å²) in [6, 6.07) is 0. The Balaban J connectivity index is 2.03. The average Bonchev–Trinajstić information content (AvgIpc) is 2.50. The van der Waals surface area contributed by atoms with Crippen LogP contribution in [-0.4, -0.2) is 24.5 Å². The second-order valence-electron chi connectivity index (χ2n) is 5.35. The molecule has 2 aliphatic rings. The van der Waals surface area contributed by atoms with E-state index in [9.17, 15) is 0 Å². The second kappa shape index (κ2) is 3.23. The first-order valence-electron chi connectivity index (χ1n) is 5.35. The summed E-state index contributed by atoms with van der Waals surface area (Å²) in [6.07, 6.45) is 2.95. The number of hydrogen-bond donors (Lipinski definition) is 0. The summed E-state index contributed by atoms with van der Waals surface area (Å²) in [5.74, 6) is 0. The van der Waals surface area contributed by atoms with Crippen LogP contribution >= 0.6 is 0 Å². The minimum Gasteiger partial charge on any atom is -0.389 e. The first-order valence-corrected chi connectivity index (χ1v) is 5.35. The normalized spacial score (nSPS) is 26.1. The van der Waals surface area contributed by atoms with Crippen molar-refractivity contribution in [2.45, 2.75) is 45.6 Å². The van der Waals surface area contributed by atoms with E-state index in [1.165, 1.54) is 5.71 Å². The fourth-order valence-corrected chi connectivity index (χ4v) is 1.94. The van der Waals surface area contributed by atoms with Crippen LogP contribution in [0.4, 0.5) is 0 Å². The maximum Gasteiger partial charge on any atom is 0.147 e. The van der Waals surface area contributed by atoms with Crippen LogP contribution in [0.25, 0.3) is 0 Å². The molecule has 0 unspecified atom stereocenters. The number of nitrogens with zero attached hydrogens (tertiary/aromatic N) is 1. The molecule has 3 nitrogen and oxygen atoms in total. The van der Waals surface area contributed by atoms with Gasteiger partial charge in [0.05, 0.1) is 18.9 Å². The van der Waals surface area contributed by atoms with Gasteiger partial charge in [-0.3, -0.25) is 0 Å².